The molecule has 0 bridgehead atoms. The Labute approximate surface area is 153 Å². The minimum Gasteiger partial charge on any atom is -0.381 e. The lowest BCUT2D eigenvalue weighted by Gasteiger charge is -2.52. The lowest BCUT2D eigenvalue weighted by Crippen LogP contribution is -2.54. The molecule has 4 nitrogen and oxygen atoms in total. The fourth-order valence-corrected chi connectivity index (χ4v) is 6.21. The highest BCUT2D eigenvalue weighted by molar-refractivity contribution is 5.79. The quantitative estimate of drug-likeness (QED) is 0.764. The first-order valence-electron chi connectivity index (χ1n) is 10.6. The van der Waals surface area contributed by atoms with Gasteiger partial charge in [-0.2, -0.15) is 0 Å². The fraction of sp³-hybridized carbons (Fsp3) is 0.952. The van der Waals surface area contributed by atoms with E-state index in [0.717, 1.165) is 45.1 Å². The topological polar surface area (TPSA) is 32.8 Å². The molecule has 25 heavy (non-hydrogen) atoms. The summed E-state index contributed by atoms with van der Waals surface area (Å²) in [5.74, 6) is 1.99. The first-order valence-corrected chi connectivity index (χ1v) is 10.6. The van der Waals surface area contributed by atoms with Crippen molar-refractivity contribution >= 4 is 5.91 Å². The number of carbonyl (C=O) groups excluding carboxylic acids is 1. The Kier molecular flexibility index (Phi) is 4.87. The molecule has 2 saturated carbocycles. The van der Waals surface area contributed by atoms with Gasteiger partial charge in [0, 0.05) is 31.0 Å². The minimum absolute atomic E-state index is 0.283. The molecule has 2 heterocycles. The Morgan fingerprint density at radius 3 is 2.36 bits per heavy atom. The van der Waals surface area contributed by atoms with Crippen molar-refractivity contribution in [1.82, 2.24) is 9.80 Å². The molecule has 0 unspecified atom stereocenters. The summed E-state index contributed by atoms with van der Waals surface area (Å²) in [6.07, 6.45) is 12.7. The summed E-state index contributed by atoms with van der Waals surface area (Å²) in [5, 5.41) is 0. The predicted molar refractivity (Wildman–Crippen MR) is 99.4 cm³/mol. The molecule has 142 valence electrons. The molecule has 0 aromatic rings. The second-order valence-electron chi connectivity index (χ2n) is 9.66. The lowest BCUT2D eigenvalue weighted by molar-refractivity contribution is -0.128. The maximum absolute atomic E-state index is 12.6. The van der Waals surface area contributed by atoms with Gasteiger partial charge in [-0.05, 0) is 70.4 Å². The predicted octanol–water partition coefficient (Wildman–Crippen LogP) is 3.31. The minimum atomic E-state index is 0.283. The van der Waals surface area contributed by atoms with E-state index in [1.807, 2.05) is 0 Å². The first kappa shape index (κ1) is 17.8. The van der Waals surface area contributed by atoms with Gasteiger partial charge in [0.05, 0.1) is 13.2 Å². The van der Waals surface area contributed by atoms with Crippen LogP contribution in [0.2, 0.25) is 0 Å². The molecule has 0 aromatic carbocycles. The number of carbonyl (C=O) groups is 1. The van der Waals surface area contributed by atoms with E-state index >= 15 is 0 Å². The van der Waals surface area contributed by atoms with E-state index in [2.05, 4.69) is 23.9 Å². The average Bonchev–Trinajstić information content (AvgIpc) is 3.16. The average molecular weight is 349 g/mol. The zero-order chi connectivity index (χ0) is 17.5. The highest BCUT2D eigenvalue weighted by Gasteiger charge is 2.52. The van der Waals surface area contributed by atoms with Gasteiger partial charge >= 0.3 is 0 Å². The molecule has 0 aromatic heterocycles. The van der Waals surface area contributed by atoms with Gasteiger partial charge in [-0.25, -0.2) is 0 Å². The molecule has 0 N–H and O–H groups in total. The Balaban J connectivity index is 1.37. The van der Waals surface area contributed by atoms with Crippen LogP contribution < -0.4 is 0 Å². The van der Waals surface area contributed by atoms with E-state index in [1.54, 1.807) is 0 Å². The van der Waals surface area contributed by atoms with Gasteiger partial charge in [-0.3, -0.25) is 4.79 Å². The second-order valence-corrected chi connectivity index (χ2v) is 9.66. The van der Waals surface area contributed by atoms with Gasteiger partial charge in [0.2, 0.25) is 5.91 Å². The van der Waals surface area contributed by atoms with Crippen LogP contribution in [0.4, 0.5) is 0 Å². The molecule has 2 aliphatic carbocycles. The molecular formula is C21H36N2O2. The summed E-state index contributed by atoms with van der Waals surface area (Å²) in [6, 6.07) is 0. The monoisotopic (exact) mass is 348 g/mol. The molecule has 4 fully saturated rings. The summed E-state index contributed by atoms with van der Waals surface area (Å²) in [4.78, 5) is 17.3. The molecule has 4 heteroatoms. The lowest BCUT2D eigenvalue weighted by atomic mass is 9.62. The summed E-state index contributed by atoms with van der Waals surface area (Å²) < 4.78 is 5.27. The Morgan fingerprint density at radius 2 is 1.80 bits per heavy atom. The number of rotatable bonds is 5. The molecule has 0 radical (unpaired) electrons. The van der Waals surface area contributed by atoms with Gasteiger partial charge in [0.25, 0.3) is 0 Å². The maximum Gasteiger partial charge on any atom is 0.223 e. The van der Waals surface area contributed by atoms with Crippen molar-refractivity contribution in [1.29, 1.82) is 0 Å². The normalized spacial score (nSPS) is 37.4. The second kappa shape index (κ2) is 6.84. The van der Waals surface area contributed by atoms with Crippen LogP contribution in [0, 0.1) is 17.3 Å². The van der Waals surface area contributed by atoms with Crippen LogP contribution >= 0.6 is 0 Å². The van der Waals surface area contributed by atoms with Crippen LogP contribution in [-0.4, -0.2) is 61.6 Å². The van der Waals surface area contributed by atoms with E-state index in [4.69, 9.17) is 4.74 Å². The third kappa shape index (κ3) is 3.25. The molecule has 4 aliphatic rings. The van der Waals surface area contributed by atoms with Crippen molar-refractivity contribution in [2.75, 3.05) is 40.4 Å². The van der Waals surface area contributed by atoms with Gasteiger partial charge in [0.1, 0.15) is 0 Å². The zero-order valence-electron chi connectivity index (χ0n) is 16.3. The van der Waals surface area contributed by atoms with E-state index in [-0.39, 0.29) is 5.41 Å². The zero-order valence-corrected chi connectivity index (χ0v) is 16.3. The van der Waals surface area contributed by atoms with Crippen molar-refractivity contribution in [3.63, 3.8) is 0 Å². The van der Waals surface area contributed by atoms with Crippen molar-refractivity contribution in [3.05, 3.63) is 0 Å². The molecule has 4 rings (SSSR count). The van der Waals surface area contributed by atoms with Crippen LogP contribution in [0.5, 0.6) is 0 Å². The Hall–Kier alpha value is -0.610. The van der Waals surface area contributed by atoms with Crippen LogP contribution in [0.3, 0.4) is 0 Å². The Bertz CT molecular complexity index is 486. The third-order valence-corrected chi connectivity index (χ3v) is 8.10. The summed E-state index contributed by atoms with van der Waals surface area (Å²) >= 11 is 0. The van der Waals surface area contributed by atoms with Gasteiger partial charge in [0.15, 0.2) is 0 Å². The number of hydrogen-bond acceptors (Lipinski definition) is 3. The number of nitrogens with zero attached hydrogens (tertiary/aromatic N) is 2. The molecule has 2 saturated heterocycles. The standard InChI is InChI=1S/C21H36N2O2/c1-22(2)21(18-5-3-4-6-18)10-8-20(9-11-21)13-19(24)23(16-20)12-7-17-14-25-15-17/h17-18H,3-16H2,1-2H3. The summed E-state index contributed by atoms with van der Waals surface area (Å²) in [7, 11) is 4.59. The van der Waals surface area contributed by atoms with E-state index in [0.29, 0.717) is 17.4 Å². The molecule has 1 amide bonds. The number of amides is 1. The smallest absolute Gasteiger partial charge is 0.223 e. The highest BCUT2D eigenvalue weighted by Crippen LogP contribution is 2.53. The van der Waals surface area contributed by atoms with Crippen molar-refractivity contribution in [2.45, 2.75) is 69.7 Å². The van der Waals surface area contributed by atoms with Crippen LogP contribution in [-0.2, 0) is 9.53 Å². The molecule has 0 atom stereocenters. The molecule has 1 spiro atoms. The van der Waals surface area contributed by atoms with Crippen molar-refractivity contribution in [3.8, 4) is 0 Å². The van der Waals surface area contributed by atoms with Crippen LogP contribution in [0.15, 0.2) is 0 Å². The van der Waals surface area contributed by atoms with Crippen molar-refractivity contribution in [2.24, 2.45) is 17.3 Å². The highest BCUT2D eigenvalue weighted by atomic mass is 16.5. The summed E-state index contributed by atoms with van der Waals surface area (Å²) in [5.41, 5.74) is 0.687. The van der Waals surface area contributed by atoms with E-state index < -0.39 is 0 Å². The van der Waals surface area contributed by atoms with Gasteiger partial charge < -0.3 is 14.5 Å². The van der Waals surface area contributed by atoms with Gasteiger partial charge in [-0.15, -0.1) is 0 Å². The number of ether oxygens (including phenoxy) is 1. The van der Waals surface area contributed by atoms with Crippen LogP contribution in [0.25, 0.3) is 0 Å². The molecule has 2 aliphatic heterocycles. The largest absolute Gasteiger partial charge is 0.381 e. The first-order chi connectivity index (χ1) is 12.0. The SMILES string of the molecule is CN(C)C1(C2CCCC2)CCC2(CC1)CC(=O)N(CCC1COC1)C2. The van der Waals surface area contributed by atoms with Crippen LogP contribution in [0.1, 0.15) is 64.2 Å². The summed E-state index contributed by atoms with van der Waals surface area (Å²) in [6.45, 7) is 3.78. The fourth-order valence-electron chi connectivity index (χ4n) is 6.21. The number of hydrogen-bond donors (Lipinski definition) is 0. The molecular weight excluding hydrogens is 312 g/mol. The number of likely N-dealkylation sites (tertiary alicyclic amines) is 1. The Morgan fingerprint density at radius 1 is 1.12 bits per heavy atom. The third-order valence-electron chi connectivity index (χ3n) is 8.10. The van der Waals surface area contributed by atoms with E-state index in [9.17, 15) is 4.79 Å². The van der Waals surface area contributed by atoms with E-state index in [1.165, 1.54) is 51.4 Å². The van der Waals surface area contributed by atoms with Crippen molar-refractivity contribution < 1.29 is 9.53 Å². The maximum atomic E-state index is 12.6. The van der Waals surface area contributed by atoms with Gasteiger partial charge in [-0.1, -0.05) is 12.8 Å².